The Bertz CT molecular complexity index is 469. The standard InChI is InChI=1S/C16H22BrNO/c1-11(18-14(19)15(2,3)4)16(9-10-16)12-5-7-13(17)8-6-12/h5-8,11H,9-10H2,1-4H3,(H,18,19). The van der Waals surface area contributed by atoms with Crippen molar-refractivity contribution in [2.24, 2.45) is 5.41 Å². The molecule has 1 saturated carbocycles. The van der Waals surface area contributed by atoms with Crippen LogP contribution in [0.25, 0.3) is 0 Å². The zero-order valence-electron chi connectivity index (χ0n) is 12.1. The number of amides is 1. The topological polar surface area (TPSA) is 29.1 Å². The number of rotatable bonds is 3. The lowest BCUT2D eigenvalue weighted by molar-refractivity contribution is -0.129. The van der Waals surface area contributed by atoms with Gasteiger partial charge in [0.05, 0.1) is 0 Å². The first-order valence-electron chi connectivity index (χ1n) is 6.83. The van der Waals surface area contributed by atoms with Crippen LogP contribution in [0.1, 0.15) is 46.1 Å². The van der Waals surface area contributed by atoms with Gasteiger partial charge in [-0.05, 0) is 37.5 Å². The van der Waals surface area contributed by atoms with E-state index in [0.717, 1.165) is 17.3 Å². The molecule has 1 aliphatic rings. The van der Waals surface area contributed by atoms with Crippen LogP contribution in [0.3, 0.4) is 0 Å². The summed E-state index contributed by atoms with van der Waals surface area (Å²) in [5.74, 6) is 0.128. The lowest BCUT2D eigenvalue weighted by atomic mass is 9.87. The quantitative estimate of drug-likeness (QED) is 0.893. The summed E-state index contributed by atoms with van der Waals surface area (Å²) >= 11 is 3.47. The molecule has 1 fully saturated rings. The fourth-order valence-electron chi connectivity index (χ4n) is 2.44. The van der Waals surface area contributed by atoms with E-state index >= 15 is 0 Å². The number of hydrogen-bond acceptors (Lipinski definition) is 1. The number of nitrogens with one attached hydrogen (secondary N) is 1. The van der Waals surface area contributed by atoms with Gasteiger partial charge < -0.3 is 5.32 Å². The number of carbonyl (C=O) groups excluding carboxylic acids is 1. The number of benzene rings is 1. The van der Waals surface area contributed by atoms with E-state index in [-0.39, 0.29) is 22.8 Å². The molecule has 19 heavy (non-hydrogen) atoms. The predicted molar refractivity (Wildman–Crippen MR) is 82.1 cm³/mol. The average Bonchev–Trinajstić information content (AvgIpc) is 3.10. The van der Waals surface area contributed by atoms with Gasteiger partial charge in [-0.2, -0.15) is 0 Å². The molecular weight excluding hydrogens is 302 g/mol. The predicted octanol–water partition coefficient (Wildman–Crippen LogP) is 4.03. The van der Waals surface area contributed by atoms with Crippen molar-refractivity contribution < 1.29 is 4.79 Å². The smallest absolute Gasteiger partial charge is 0.225 e. The molecule has 104 valence electrons. The summed E-state index contributed by atoms with van der Waals surface area (Å²) in [5, 5.41) is 3.19. The maximum Gasteiger partial charge on any atom is 0.225 e. The van der Waals surface area contributed by atoms with Gasteiger partial charge in [0.1, 0.15) is 0 Å². The highest BCUT2D eigenvalue weighted by Crippen LogP contribution is 2.51. The Morgan fingerprint density at radius 2 is 1.79 bits per heavy atom. The third kappa shape index (κ3) is 3.02. The van der Waals surface area contributed by atoms with E-state index in [1.54, 1.807) is 0 Å². The highest BCUT2D eigenvalue weighted by atomic mass is 79.9. The monoisotopic (exact) mass is 323 g/mol. The van der Waals surface area contributed by atoms with E-state index in [9.17, 15) is 4.79 Å². The van der Waals surface area contributed by atoms with Gasteiger partial charge >= 0.3 is 0 Å². The molecule has 1 N–H and O–H groups in total. The summed E-state index contributed by atoms with van der Waals surface area (Å²) in [6, 6.07) is 8.66. The fraction of sp³-hybridized carbons (Fsp3) is 0.562. The first kappa shape index (κ1) is 14.6. The molecule has 3 heteroatoms. The van der Waals surface area contributed by atoms with E-state index in [2.05, 4.69) is 52.4 Å². The van der Waals surface area contributed by atoms with Crippen molar-refractivity contribution in [3.63, 3.8) is 0 Å². The molecule has 1 amide bonds. The summed E-state index contributed by atoms with van der Waals surface area (Å²) in [5.41, 5.74) is 1.14. The molecule has 1 unspecified atom stereocenters. The average molecular weight is 324 g/mol. The van der Waals surface area contributed by atoms with Gasteiger partial charge in [0, 0.05) is 21.3 Å². The van der Waals surface area contributed by atoms with Gasteiger partial charge in [-0.3, -0.25) is 4.79 Å². The second-order valence-electron chi connectivity index (χ2n) is 6.61. The minimum Gasteiger partial charge on any atom is -0.352 e. The second-order valence-corrected chi connectivity index (χ2v) is 7.52. The molecular formula is C16H22BrNO. The van der Waals surface area contributed by atoms with Crippen LogP contribution in [-0.2, 0) is 10.2 Å². The molecule has 0 heterocycles. The van der Waals surface area contributed by atoms with Crippen molar-refractivity contribution in [3.8, 4) is 0 Å². The van der Waals surface area contributed by atoms with Gasteiger partial charge in [-0.15, -0.1) is 0 Å². The second kappa shape index (κ2) is 4.93. The summed E-state index contributed by atoms with van der Waals surface area (Å²) < 4.78 is 1.10. The molecule has 1 aromatic rings. The lowest BCUT2D eigenvalue weighted by Gasteiger charge is -2.28. The third-order valence-corrected chi connectivity index (χ3v) is 4.59. The maximum absolute atomic E-state index is 12.1. The summed E-state index contributed by atoms with van der Waals surface area (Å²) in [6.45, 7) is 7.98. The van der Waals surface area contributed by atoms with Gasteiger partial charge in [0.25, 0.3) is 0 Å². The first-order valence-corrected chi connectivity index (χ1v) is 7.62. The minimum atomic E-state index is -0.329. The summed E-state index contributed by atoms with van der Waals surface area (Å²) in [7, 11) is 0. The van der Waals surface area contributed by atoms with Gasteiger partial charge in [0.15, 0.2) is 0 Å². The first-order chi connectivity index (χ1) is 8.75. The Kier molecular flexibility index (Phi) is 3.78. The third-order valence-electron chi connectivity index (χ3n) is 4.07. The molecule has 0 aliphatic heterocycles. The van der Waals surface area contributed by atoms with Crippen LogP contribution < -0.4 is 5.32 Å². The highest BCUT2D eigenvalue weighted by Gasteiger charge is 2.49. The molecule has 2 rings (SSSR count). The van der Waals surface area contributed by atoms with Gasteiger partial charge in [-0.1, -0.05) is 48.8 Å². The van der Waals surface area contributed by atoms with Crippen molar-refractivity contribution >= 4 is 21.8 Å². The minimum absolute atomic E-state index is 0.128. The fourth-order valence-corrected chi connectivity index (χ4v) is 2.70. The van der Waals surface area contributed by atoms with Crippen LogP contribution in [0.4, 0.5) is 0 Å². The number of hydrogen-bond donors (Lipinski definition) is 1. The zero-order valence-corrected chi connectivity index (χ0v) is 13.7. The normalized spacial score (nSPS) is 18.8. The van der Waals surface area contributed by atoms with Crippen molar-refractivity contribution in [1.82, 2.24) is 5.32 Å². The Balaban J connectivity index is 2.12. The molecule has 0 bridgehead atoms. The van der Waals surface area contributed by atoms with Crippen molar-refractivity contribution in [2.45, 2.75) is 52.0 Å². The van der Waals surface area contributed by atoms with Gasteiger partial charge in [-0.25, -0.2) is 0 Å². The highest BCUT2D eigenvalue weighted by molar-refractivity contribution is 9.10. The summed E-state index contributed by atoms with van der Waals surface area (Å²) in [6.07, 6.45) is 2.31. The van der Waals surface area contributed by atoms with Crippen LogP contribution in [-0.4, -0.2) is 11.9 Å². The van der Waals surface area contributed by atoms with Crippen molar-refractivity contribution in [2.75, 3.05) is 0 Å². The van der Waals surface area contributed by atoms with E-state index < -0.39 is 0 Å². The molecule has 0 spiro atoms. The van der Waals surface area contributed by atoms with Crippen LogP contribution in [0.15, 0.2) is 28.7 Å². The van der Waals surface area contributed by atoms with E-state index in [1.165, 1.54) is 5.56 Å². The molecule has 0 radical (unpaired) electrons. The van der Waals surface area contributed by atoms with E-state index in [1.807, 2.05) is 20.8 Å². The molecule has 1 aliphatic carbocycles. The van der Waals surface area contributed by atoms with Crippen LogP contribution >= 0.6 is 15.9 Å². The van der Waals surface area contributed by atoms with Crippen LogP contribution in [0.2, 0.25) is 0 Å². The van der Waals surface area contributed by atoms with E-state index in [0.29, 0.717) is 0 Å². The van der Waals surface area contributed by atoms with Gasteiger partial charge in [0.2, 0.25) is 5.91 Å². The van der Waals surface area contributed by atoms with Crippen molar-refractivity contribution in [1.29, 1.82) is 0 Å². The van der Waals surface area contributed by atoms with Crippen LogP contribution in [0.5, 0.6) is 0 Å². The molecule has 0 saturated heterocycles. The van der Waals surface area contributed by atoms with Crippen molar-refractivity contribution in [3.05, 3.63) is 34.3 Å². The molecule has 2 nitrogen and oxygen atoms in total. The molecule has 1 aromatic carbocycles. The van der Waals surface area contributed by atoms with E-state index in [4.69, 9.17) is 0 Å². The number of carbonyl (C=O) groups is 1. The Hall–Kier alpha value is -0.830. The largest absolute Gasteiger partial charge is 0.352 e. The zero-order chi connectivity index (χ0) is 14.3. The SMILES string of the molecule is CC(NC(=O)C(C)(C)C)C1(c2ccc(Br)cc2)CC1. The lowest BCUT2D eigenvalue weighted by Crippen LogP contribution is -2.45. The maximum atomic E-state index is 12.1. The Morgan fingerprint density at radius 1 is 1.26 bits per heavy atom. The molecule has 0 aromatic heterocycles. The summed E-state index contributed by atoms with van der Waals surface area (Å²) in [4.78, 5) is 12.1. The number of halogens is 1. The molecule has 1 atom stereocenters. The Labute approximate surface area is 124 Å². The Morgan fingerprint density at radius 3 is 2.21 bits per heavy atom. The van der Waals surface area contributed by atoms with Crippen LogP contribution in [0, 0.1) is 5.41 Å².